The monoisotopic (exact) mass is 416 g/mol. The number of benzene rings is 2. The van der Waals surface area contributed by atoms with Crippen LogP contribution in [0.3, 0.4) is 0 Å². The van der Waals surface area contributed by atoms with Gasteiger partial charge in [-0.15, -0.1) is 10.2 Å². The number of thioether (sulfide) groups is 1. The fourth-order valence-electron chi connectivity index (χ4n) is 2.60. The molecule has 0 radical (unpaired) electrons. The highest BCUT2D eigenvalue weighted by Crippen LogP contribution is 2.28. The molecule has 1 heterocycles. The summed E-state index contributed by atoms with van der Waals surface area (Å²) in [6.45, 7) is 4.40. The van der Waals surface area contributed by atoms with E-state index in [4.69, 9.17) is 16.3 Å². The molecule has 1 atom stereocenters. The van der Waals surface area contributed by atoms with Crippen LogP contribution in [-0.2, 0) is 11.3 Å². The number of carbonyl (C=O) groups is 1. The van der Waals surface area contributed by atoms with Crippen molar-refractivity contribution >= 4 is 35.0 Å². The van der Waals surface area contributed by atoms with Crippen molar-refractivity contribution in [2.75, 3.05) is 12.4 Å². The van der Waals surface area contributed by atoms with Crippen LogP contribution in [0.5, 0.6) is 5.75 Å². The van der Waals surface area contributed by atoms with Crippen LogP contribution in [0.25, 0.3) is 0 Å². The Morgan fingerprint density at radius 3 is 2.68 bits per heavy atom. The molecule has 0 spiro atoms. The predicted molar refractivity (Wildman–Crippen MR) is 112 cm³/mol. The number of hydrogen-bond acceptors (Lipinski definition) is 5. The third kappa shape index (κ3) is 4.85. The van der Waals surface area contributed by atoms with E-state index in [9.17, 15) is 4.79 Å². The highest BCUT2D eigenvalue weighted by molar-refractivity contribution is 8.00. The fraction of sp³-hybridized carbons (Fsp3) is 0.250. The van der Waals surface area contributed by atoms with Gasteiger partial charge in [-0.25, -0.2) is 0 Å². The minimum absolute atomic E-state index is 0.141. The van der Waals surface area contributed by atoms with Crippen molar-refractivity contribution in [3.63, 3.8) is 0 Å². The summed E-state index contributed by atoms with van der Waals surface area (Å²) in [7, 11) is 1.55. The number of ether oxygens (including phenoxy) is 1. The van der Waals surface area contributed by atoms with Crippen LogP contribution in [0, 0.1) is 6.92 Å². The Balaban J connectivity index is 1.68. The predicted octanol–water partition coefficient (Wildman–Crippen LogP) is 4.42. The Hall–Kier alpha value is -2.51. The molecule has 3 aromatic rings. The van der Waals surface area contributed by atoms with Crippen molar-refractivity contribution in [1.82, 2.24) is 14.8 Å². The van der Waals surface area contributed by atoms with Gasteiger partial charge >= 0.3 is 0 Å². The Labute approximate surface area is 173 Å². The molecule has 0 fully saturated rings. The number of hydrogen-bond donors (Lipinski definition) is 1. The van der Waals surface area contributed by atoms with Gasteiger partial charge in [0.15, 0.2) is 5.16 Å². The third-order valence-electron chi connectivity index (χ3n) is 4.16. The molecular formula is C20H21ClN4O2S. The van der Waals surface area contributed by atoms with E-state index >= 15 is 0 Å². The summed E-state index contributed by atoms with van der Waals surface area (Å²) in [5, 5.41) is 12.1. The first-order valence-electron chi connectivity index (χ1n) is 8.72. The van der Waals surface area contributed by atoms with E-state index in [1.54, 1.807) is 25.3 Å². The van der Waals surface area contributed by atoms with E-state index in [0.29, 0.717) is 28.2 Å². The maximum Gasteiger partial charge on any atom is 0.237 e. The molecule has 146 valence electrons. The molecule has 0 aliphatic rings. The molecule has 0 aliphatic carbocycles. The van der Waals surface area contributed by atoms with Gasteiger partial charge in [-0.3, -0.25) is 4.79 Å². The van der Waals surface area contributed by atoms with Gasteiger partial charge in [0.25, 0.3) is 0 Å². The van der Waals surface area contributed by atoms with Crippen LogP contribution in [0.4, 0.5) is 5.69 Å². The van der Waals surface area contributed by atoms with E-state index in [1.165, 1.54) is 11.8 Å². The van der Waals surface area contributed by atoms with Gasteiger partial charge in [0.2, 0.25) is 5.91 Å². The van der Waals surface area contributed by atoms with Gasteiger partial charge in [0.05, 0.1) is 23.9 Å². The normalized spacial score (nSPS) is 11.9. The minimum atomic E-state index is -0.362. The van der Waals surface area contributed by atoms with Crippen molar-refractivity contribution < 1.29 is 9.53 Å². The van der Waals surface area contributed by atoms with Crippen LogP contribution in [0.2, 0.25) is 5.02 Å². The number of aromatic nitrogens is 3. The molecule has 1 amide bonds. The van der Waals surface area contributed by atoms with Crippen LogP contribution in [0.15, 0.2) is 53.7 Å². The van der Waals surface area contributed by atoms with E-state index in [2.05, 4.69) is 27.6 Å². The zero-order valence-electron chi connectivity index (χ0n) is 15.8. The summed E-state index contributed by atoms with van der Waals surface area (Å²) in [5.41, 5.74) is 1.77. The van der Waals surface area contributed by atoms with Gasteiger partial charge in [0, 0.05) is 5.69 Å². The first-order chi connectivity index (χ1) is 13.5. The number of nitrogens with one attached hydrogen (secondary N) is 1. The highest BCUT2D eigenvalue weighted by atomic mass is 35.5. The van der Waals surface area contributed by atoms with Crippen molar-refractivity contribution in [2.24, 2.45) is 0 Å². The van der Waals surface area contributed by atoms with E-state index in [-0.39, 0.29) is 11.2 Å². The van der Waals surface area contributed by atoms with Gasteiger partial charge in [-0.05, 0) is 37.6 Å². The van der Waals surface area contributed by atoms with Gasteiger partial charge in [-0.2, -0.15) is 0 Å². The zero-order valence-corrected chi connectivity index (χ0v) is 17.4. The molecule has 0 unspecified atom stereocenters. The lowest BCUT2D eigenvalue weighted by Crippen LogP contribution is -2.23. The molecule has 2 aromatic carbocycles. The molecule has 1 N–H and O–H groups in total. The number of amides is 1. The lowest BCUT2D eigenvalue weighted by molar-refractivity contribution is -0.115. The first kappa shape index (κ1) is 20.2. The number of aryl methyl sites for hydroxylation is 1. The van der Waals surface area contributed by atoms with Crippen molar-refractivity contribution in [3.05, 3.63) is 64.9 Å². The molecule has 1 aromatic heterocycles. The molecule has 8 heteroatoms. The SMILES string of the molecule is COc1ccc(NC(=O)[C@H](C)Sc2nnc(C)n2Cc2ccccc2)cc1Cl. The highest BCUT2D eigenvalue weighted by Gasteiger charge is 2.20. The number of halogens is 1. The Morgan fingerprint density at radius 1 is 1.25 bits per heavy atom. The van der Waals surface area contributed by atoms with Gasteiger partial charge in [0.1, 0.15) is 11.6 Å². The molecular weight excluding hydrogens is 396 g/mol. The largest absolute Gasteiger partial charge is 0.495 e. The summed E-state index contributed by atoms with van der Waals surface area (Å²) in [6.07, 6.45) is 0. The van der Waals surface area contributed by atoms with Crippen molar-refractivity contribution in [1.29, 1.82) is 0 Å². The number of rotatable bonds is 7. The fourth-order valence-corrected chi connectivity index (χ4v) is 3.75. The average Bonchev–Trinajstić information content (AvgIpc) is 3.02. The number of carbonyl (C=O) groups excluding carboxylic acids is 1. The second-order valence-electron chi connectivity index (χ2n) is 6.20. The van der Waals surface area contributed by atoms with Crippen LogP contribution < -0.4 is 10.1 Å². The molecule has 6 nitrogen and oxygen atoms in total. The molecule has 0 bridgehead atoms. The van der Waals surface area contributed by atoms with E-state index < -0.39 is 0 Å². The summed E-state index contributed by atoms with van der Waals surface area (Å²) in [4.78, 5) is 12.6. The first-order valence-corrected chi connectivity index (χ1v) is 9.98. The quantitative estimate of drug-likeness (QED) is 0.577. The summed E-state index contributed by atoms with van der Waals surface area (Å²) >= 11 is 7.49. The molecule has 0 aliphatic heterocycles. The standard InChI is InChI=1S/C20H21ClN4O2S/c1-13(19(26)22-16-9-10-18(27-3)17(21)11-16)28-20-24-23-14(2)25(20)12-15-7-5-4-6-8-15/h4-11,13H,12H2,1-3H3,(H,22,26)/t13-/m0/s1. The molecule has 0 saturated carbocycles. The maximum atomic E-state index is 12.6. The summed E-state index contributed by atoms with van der Waals surface area (Å²) < 4.78 is 7.14. The second-order valence-corrected chi connectivity index (χ2v) is 7.92. The van der Waals surface area contributed by atoms with Crippen molar-refractivity contribution in [3.8, 4) is 5.75 Å². The summed E-state index contributed by atoms with van der Waals surface area (Å²) in [5.74, 6) is 1.23. The number of anilines is 1. The number of nitrogens with zero attached hydrogens (tertiary/aromatic N) is 3. The topological polar surface area (TPSA) is 69.0 Å². The van der Waals surface area contributed by atoms with E-state index in [0.717, 1.165) is 11.4 Å². The number of methoxy groups -OCH3 is 1. The molecule has 3 rings (SSSR count). The Kier molecular flexibility index (Phi) is 6.59. The Bertz CT molecular complexity index is 962. The average molecular weight is 417 g/mol. The molecule has 28 heavy (non-hydrogen) atoms. The van der Waals surface area contributed by atoms with Crippen LogP contribution in [-0.4, -0.2) is 33.0 Å². The van der Waals surface area contributed by atoms with E-state index in [1.807, 2.05) is 36.6 Å². The van der Waals surface area contributed by atoms with Crippen LogP contribution >= 0.6 is 23.4 Å². The Morgan fingerprint density at radius 2 is 2.00 bits per heavy atom. The lowest BCUT2D eigenvalue weighted by Gasteiger charge is -2.14. The summed E-state index contributed by atoms with van der Waals surface area (Å²) in [6, 6.07) is 15.2. The maximum absolute atomic E-state index is 12.6. The smallest absolute Gasteiger partial charge is 0.237 e. The second kappa shape index (κ2) is 9.12. The van der Waals surface area contributed by atoms with Gasteiger partial charge < -0.3 is 14.6 Å². The molecule has 0 saturated heterocycles. The van der Waals surface area contributed by atoms with Crippen LogP contribution in [0.1, 0.15) is 18.3 Å². The lowest BCUT2D eigenvalue weighted by atomic mass is 10.2. The van der Waals surface area contributed by atoms with Gasteiger partial charge in [-0.1, -0.05) is 53.7 Å². The zero-order chi connectivity index (χ0) is 20.1. The van der Waals surface area contributed by atoms with Crippen molar-refractivity contribution in [2.45, 2.75) is 30.8 Å². The third-order valence-corrected chi connectivity index (χ3v) is 5.53. The minimum Gasteiger partial charge on any atom is -0.495 e.